The lowest BCUT2D eigenvalue weighted by Crippen LogP contribution is -2.35. The molecule has 24 heavy (non-hydrogen) atoms. The first kappa shape index (κ1) is 20.0. The van der Waals surface area contributed by atoms with E-state index in [0.29, 0.717) is 12.8 Å². The lowest BCUT2D eigenvalue weighted by molar-refractivity contribution is -0.146. The molecule has 2 N–H and O–H groups in total. The molecule has 1 heterocycles. The van der Waals surface area contributed by atoms with Gasteiger partial charge in [-0.3, -0.25) is 14.3 Å². The number of halogens is 3. The van der Waals surface area contributed by atoms with Crippen LogP contribution in [0.1, 0.15) is 56.6 Å². The zero-order valence-corrected chi connectivity index (χ0v) is 14.1. The molecule has 1 rings (SSSR count). The molecule has 1 amide bonds. The minimum absolute atomic E-state index is 0.236. The van der Waals surface area contributed by atoms with Crippen molar-refractivity contribution in [1.82, 2.24) is 15.1 Å². The molecule has 0 radical (unpaired) electrons. The Kier molecular flexibility index (Phi) is 6.02. The van der Waals surface area contributed by atoms with E-state index in [0.717, 1.165) is 10.9 Å². The number of alkyl halides is 3. The van der Waals surface area contributed by atoms with Gasteiger partial charge in [0, 0.05) is 6.54 Å². The highest BCUT2D eigenvalue weighted by molar-refractivity contribution is 5.95. The lowest BCUT2D eigenvalue weighted by atomic mass is 10.0. The summed E-state index contributed by atoms with van der Waals surface area (Å²) in [6.45, 7) is 6.17. The number of carbonyl (C=O) groups is 2. The van der Waals surface area contributed by atoms with Gasteiger partial charge in [0.25, 0.3) is 5.91 Å². The van der Waals surface area contributed by atoms with Crippen LogP contribution in [0.2, 0.25) is 0 Å². The Balaban J connectivity index is 3.08. The van der Waals surface area contributed by atoms with E-state index in [4.69, 9.17) is 5.11 Å². The van der Waals surface area contributed by atoms with Crippen LogP contribution < -0.4 is 5.32 Å². The molecule has 0 aromatic carbocycles. The quantitative estimate of drug-likeness (QED) is 0.827. The second-order valence-corrected chi connectivity index (χ2v) is 6.52. The molecule has 0 aliphatic heterocycles. The minimum Gasteiger partial charge on any atom is -0.481 e. The summed E-state index contributed by atoms with van der Waals surface area (Å²) in [7, 11) is 0. The molecule has 0 saturated heterocycles. The maximum Gasteiger partial charge on any atom is 0.433 e. The monoisotopic (exact) mass is 349 g/mol. The maximum absolute atomic E-state index is 13.3. The second kappa shape index (κ2) is 7.23. The number of carbonyl (C=O) groups excluding carboxylic acids is 1. The molecular formula is C15H22F3N3O3. The van der Waals surface area contributed by atoms with Crippen LogP contribution in [0, 0.1) is 5.92 Å². The topological polar surface area (TPSA) is 84.2 Å². The molecule has 0 spiro atoms. The maximum atomic E-state index is 13.3. The van der Waals surface area contributed by atoms with Crippen molar-refractivity contribution >= 4 is 11.9 Å². The standard InChI is InChI=1S/C15H22F3N3O3/c1-5-6-9(13(23)24)7-19-12(22)10-8-20-21(14(2,3)4)11(10)15(16,17)18/h8-9H,5-7H2,1-4H3,(H,19,22)(H,23,24). The molecular weight excluding hydrogens is 327 g/mol. The zero-order valence-electron chi connectivity index (χ0n) is 14.1. The SMILES string of the molecule is CCCC(CNC(=O)c1cnn(C(C)(C)C)c1C(F)(F)F)C(=O)O. The van der Waals surface area contributed by atoms with Crippen LogP contribution in [0.25, 0.3) is 0 Å². The molecule has 136 valence electrons. The Hall–Kier alpha value is -2.06. The second-order valence-electron chi connectivity index (χ2n) is 6.52. The van der Waals surface area contributed by atoms with Crippen LogP contribution in [0.4, 0.5) is 13.2 Å². The number of hydrogen-bond acceptors (Lipinski definition) is 3. The molecule has 1 atom stereocenters. The van der Waals surface area contributed by atoms with Crippen molar-refractivity contribution in [3.05, 3.63) is 17.5 Å². The van der Waals surface area contributed by atoms with E-state index >= 15 is 0 Å². The highest BCUT2D eigenvalue weighted by Crippen LogP contribution is 2.34. The first-order chi connectivity index (χ1) is 10.9. The summed E-state index contributed by atoms with van der Waals surface area (Å²) in [5.74, 6) is -2.93. The van der Waals surface area contributed by atoms with E-state index in [1.165, 1.54) is 0 Å². The van der Waals surface area contributed by atoms with Crippen molar-refractivity contribution in [2.75, 3.05) is 6.54 Å². The number of aromatic nitrogens is 2. The Bertz CT molecular complexity index is 603. The van der Waals surface area contributed by atoms with Gasteiger partial charge in [0.15, 0.2) is 5.69 Å². The number of aliphatic carboxylic acids is 1. The van der Waals surface area contributed by atoms with Gasteiger partial charge in [-0.05, 0) is 27.2 Å². The zero-order chi connectivity index (χ0) is 18.7. The molecule has 0 bridgehead atoms. The molecule has 1 aromatic heterocycles. The van der Waals surface area contributed by atoms with E-state index in [9.17, 15) is 22.8 Å². The number of carboxylic acid groups (broad SMARTS) is 1. The van der Waals surface area contributed by atoms with E-state index in [-0.39, 0.29) is 6.54 Å². The summed E-state index contributed by atoms with van der Waals surface area (Å²) in [6.07, 6.45) is -2.99. The van der Waals surface area contributed by atoms with E-state index in [1.807, 2.05) is 0 Å². The Morgan fingerprint density at radius 2 is 1.92 bits per heavy atom. The normalized spacial score (nSPS) is 13.6. The molecule has 0 saturated carbocycles. The summed E-state index contributed by atoms with van der Waals surface area (Å²) in [4.78, 5) is 23.2. The third-order valence-corrected chi connectivity index (χ3v) is 3.41. The number of nitrogens with zero attached hydrogens (tertiary/aromatic N) is 2. The Labute approximate surface area is 138 Å². The molecule has 1 aromatic rings. The van der Waals surface area contributed by atoms with Crippen LogP contribution in [0.5, 0.6) is 0 Å². The van der Waals surface area contributed by atoms with E-state index in [2.05, 4.69) is 10.4 Å². The number of nitrogens with one attached hydrogen (secondary N) is 1. The van der Waals surface area contributed by atoms with Gasteiger partial charge < -0.3 is 10.4 Å². The highest BCUT2D eigenvalue weighted by atomic mass is 19.4. The fourth-order valence-electron chi connectivity index (χ4n) is 2.27. The number of rotatable bonds is 6. The van der Waals surface area contributed by atoms with Crippen molar-refractivity contribution in [1.29, 1.82) is 0 Å². The van der Waals surface area contributed by atoms with Gasteiger partial charge in [-0.15, -0.1) is 0 Å². The summed E-state index contributed by atoms with van der Waals surface area (Å²) in [6, 6.07) is 0. The molecule has 0 fully saturated rings. The third-order valence-electron chi connectivity index (χ3n) is 3.41. The predicted molar refractivity (Wildman–Crippen MR) is 80.6 cm³/mol. The van der Waals surface area contributed by atoms with E-state index in [1.54, 1.807) is 27.7 Å². The number of carboxylic acids is 1. The summed E-state index contributed by atoms with van der Waals surface area (Å²) in [5.41, 5.74) is -2.72. The molecule has 9 heteroatoms. The van der Waals surface area contributed by atoms with Gasteiger partial charge in [-0.1, -0.05) is 13.3 Å². The first-order valence-corrected chi connectivity index (χ1v) is 7.56. The lowest BCUT2D eigenvalue weighted by Gasteiger charge is -2.24. The van der Waals surface area contributed by atoms with Crippen molar-refractivity contribution in [2.45, 2.75) is 52.3 Å². The van der Waals surface area contributed by atoms with Gasteiger partial charge in [0.1, 0.15) is 0 Å². The Morgan fingerprint density at radius 3 is 2.33 bits per heavy atom. The fourth-order valence-corrected chi connectivity index (χ4v) is 2.27. The summed E-state index contributed by atoms with van der Waals surface area (Å²) < 4.78 is 40.8. The third kappa shape index (κ3) is 4.72. The highest BCUT2D eigenvalue weighted by Gasteiger charge is 2.42. The van der Waals surface area contributed by atoms with Crippen LogP contribution in [0.15, 0.2) is 6.20 Å². The van der Waals surface area contributed by atoms with Gasteiger partial charge >= 0.3 is 12.1 Å². The molecule has 6 nitrogen and oxygen atoms in total. The van der Waals surface area contributed by atoms with Gasteiger partial charge in [-0.2, -0.15) is 18.3 Å². The molecule has 0 aliphatic rings. The first-order valence-electron chi connectivity index (χ1n) is 7.56. The van der Waals surface area contributed by atoms with Crippen molar-refractivity contribution in [2.24, 2.45) is 5.92 Å². The van der Waals surface area contributed by atoms with Crippen LogP contribution >= 0.6 is 0 Å². The predicted octanol–water partition coefficient (Wildman–Crippen LogP) is 2.89. The fraction of sp³-hybridized carbons (Fsp3) is 0.667. The average molecular weight is 349 g/mol. The summed E-state index contributed by atoms with van der Waals surface area (Å²) >= 11 is 0. The Morgan fingerprint density at radius 1 is 1.33 bits per heavy atom. The van der Waals surface area contributed by atoms with Gasteiger partial charge in [0.2, 0.25) is 0 Å². The summed E-state index contributed by atoms with van der Waals surface area (Å²) in [5, 5.41) is 15.0. The molecule has 0 aliphatic carbocycles. The van der Waals surface area contributed by atoms with E-state index < -0.39 is 40.8 Å². The van der Waals surface area contributed by atoms with Crippen LogP contribution in [0.3, 0.4) is 0 Å². The smallest absolute Gasteiger partial charge is 0.433 e. The van der Waals surface area contributed by atoms with Crippen molar-refractivity contribution in [3.63, 3.8) is 0 Å². The minimum atomic E-state index is -4.76. The average Bonchev–Trinajstić information content (AvgIpc) is 2.87. The number of hydrogen-bond donors (Lipinski definition) is 2. The molecule has 1 unspecified atom stereocenters. The van der Waals surface area contributed by atoms with Gasteiger partial charge in [0.05, 0.1) is 23.2 Å². The van der Waals surface area contributed by atoms with Crippen LogP contribution in [-0.4, -0.2) is 33.3 Å². The largest absolute Gasteiger partial charge is 0.481 e. The van der Waals surface area contributed by atoms with Gasteiger partial charge in [-0.25, -0.2) is 0 Å². The number of amides is 1. The van der Waals surface area contributed by atoms with Crippen molar-refractivity contribution in [3.8, 4) is 0 Å². The van der Waals surface area contributed by atoms with Crippen molar-refractivity contribution < 1.29 is 27.9 Å². The van der Waals surface area contributed by atoms with Crippen LogP contribution in [-0.2, 0) is 16.5 Å².